The maximum atomic E-state index is 13.0. The molecule has 3 N–H and O–H groups in total. The van der Waals surface area contributed by atoms with Gasteiger partial charge in [0.25, 0.3) is 5.91 Å². The molecular formula is C24H23N5O3. The Balaban J connectivity index is 1.67. The first kappa shape index (κ1) is 21.0. The van der Waals surface area contributed by atoms with Crippen LogP contribution < -0.4 is 10.6 Å². The lowest BCUT2D eigenvalue weighted by molar-refractivity contribution is 0.0696. The number of nitrogens with one attached hydrogen (secondary N) is 2. The van der Waals surface area contributed by atoms with Crippen molar-refractivity contribution in [1.82, 2.24) is 19.9 Å². The van der Waals surface area contributed by atoms with E-state index in [0.717, 1.165) is 16.7 Å². The van der Waals surface area contributed by atoms with E-state index in [4.69, 9.17) is 0 Å². The zero-order chi connectivity index (χ0) is 22.8. The Kier molecular flexibility index (Phi) is 5.59. The van der Waals surface area contributed by atoms with E-state index in [9.17, 15) is 14.7 Å². The van der Waals surface area contributed by atoms with Crippen LogP contribution in [-0.4, -0.2) is 31.6 Å². The van der Waals surface area contributed by atoms with Crippen LogP contribution in [0.25, 0.3) is 5.52 Å². The molecule has 2 aromatic carbocycles. The number of carbonyl (C=O) groups is 2. The predicted octanol–water partition coefficient (Wildman–Crippen LogP) is 4.28. The van der Waals surface area contributed by atoms with Crippen molar-refractivity contribution in [3.8, 4) is 0 Å². The molecule has 8 heteroatoms. The number of aromatic nitrogens is 3. The fourth-order valence-corrected chi connectivity index (χ4v) is 3.60. The Morgan fingerprint density at radius 2 is 1.84 bits per heavy atom. The molecule has 32 heavy (non-hydrogen) atoms. The molecule has 0 aliphatic heterocycles. The van der Waals surface area contributed by atoms with E-state index >= 15 is 0 Å². The quantitative estimate of drug-likeness (QED) is 0.422. The summed E-state index contributed by atoms with van der Waals surface area (Å²) in [6, 6.07) is 14.4. The van der Waals surface area contributed by atoms with Crippen molar-refractivity contribution < 1.29 is 14.7 Å². The molecule has 2 heterocycles. The largest absolute Gasteiger partial charge is 0.478 e. The molecule has 2 aromatic heterocycles. The van der Waals surface area contributed by atoms with Crippen molar-refractivity contribution in [3.63, 3.8) is 0 Å². The van der Waals surface area contributed by atoms with Crippen molar-refractivity contribution in [2.75, 3.05) is 5.32 Å². The molecule has 4 rings (SSSR count). The molecule has 0 aliphatic rings. The summed E-state index contributed by atoms with van der Waals surface area (Å²) in [5.41, 5.74) is 4.53. The maximum absolute atomic E-state index is 13.0. The number of nitrogens with zero attached hydrogens (tertiary/aromatic N) is 3. The van der Waals surface area contributed by atoms with E-state index in [-0.39, 0.29) is 17.5 Å². The zero-order valence-electron chi connectivity index (χ0n) is 18.0. The second-order valence-electron chi connectivity index (χ2n) is 7.64. The number of benzene rings is 2. The molecule has 0 radical (unpaired) electrons. The number of aromatic carboxylic acids is 1. The van der Waals surface area contributed by atoms with E-state index in [1.54, 1.807) is 28.9 Å². The number of carboxylic acid groups (broad SMARTS) is 1. The van der Waals surface area contributed by atoms with Gasteiger partial charge in [-0.1, -0.05) is 36.4 Å². The molecule has 0 unspecified atom stereocenters. The molecule has 8 nitrogen and oxygen atoms in total. The molecule has 1 atom stereocenters. The summed E-state index contributed by atoms with van der Waals surface area (Å²) in [7, 11) is 0. The number of anilines is 2. The molecular weight excluding hydrogens is 406 g/mol. The zero-order valence-corrected chi connectivity index (χ0v) is 18.0. The average Bonchev–Trinajstić information content (AvgIpc) is 3.13. The fraction of sp³-hybridized carbons (Fsp3) is 0.167. The van der Waals surface area contributed by atoms with Gasteiger partial charge in [-0.3, -0.25) is 4.79 Å². The third-order valence-corrected chi connectivity index (χ3v) is 5.46. The highest BCUT2D eigenvalue weighted by atomic mass is 16.4. The average molecular weight is 429 g/mol. The van der Waals surface area contributed by atoms with E-state index in [2.05, 4.69) is 20.7 Å². The van der Waals surface area contributed by atoms with Gasteiger partial charge in [0.2, 0.25) is 0 Å². The number of carboxylic acids is 1. The third-order valence-electron chi connectivity index (χ3n) is 5.46. The Bertz CT molecular complexity index is 1310. The fourth-order valence-electron chi connectivity index (χ4n) is 3.60. The van der Waals surface area contributed by atoms with Gasteiger partial charge in [0.1, 0.15) is 11.8 Å². The minimum Gasteiger partial charge on any atom is -0.478 e. The van der Waals surface area contributed by atoms with Gasteiger partial charge in [-0.05, 0) is 49.6 Å². The van der Waals surface area contributed by atoms with Crippen LogP contribution >= 0.6 is 0 Å². The van der Waals surface area contributed by atoms with Crippen LogP contribution in [-0.2, 0) is 0 Å². The van der Waals surface area contributed by atoms with Gasteiger partial charge in [0, 0.05) is 11.9 Å². The van der Waals surface area contributed by atoms with Gasteiger partial charge < -0.3 is 15.7 Å². The highest BCUT2D eigenvalue weighted by Crippen LogP contribution is 2.28. The second kappa shape index (κ2) is 8.50. The summed E-state index contributed by atoms with van der Waals surface area (Å²) < 4.78 is 1.60. The van der Waals surface area contributed by atoms with Gasteiger partial charge >= 0.3 is 5.97 Å². The second-order valence-corrected chi connectivity index (χ2v) is 7.64. The summed E-state index contributed by atoms with van der Waals surface area (Å²) in [5, 5.41) is 19.8. The molecule has 4 aromatic rings. The lowest BCUT2D eigenvalue weighted by atomic mass is 10.1. The first-order valence-electron chi connectivity index (χ1n) is 10.1. The highest BCUT2D eigenvalue weighted by molar-refractivity contribution is 5.99. The summed E-state index contributed by atoms with van der Waals surface area (Å²) in [4.78, 5) is 28.7. The number of rotatable bonds is 6. The van der Waals surface area contributed by atoms with E-state index < -0.39 is 5.97 Å². The third kappa shape index (κ3) is 4.02. The van der Waals surface area contributed by atoms with Crippen molar-refractivity contribution in [3.05, 3.63) is 88.9 Å². The van der Waals surface area contributed by atoms with Crippen LogP contribution in [0.15, 0.2) is 61.1 Å². The predicted molar refractivity (Wildman–Crippen MR) is 121 cm³/mol. The number of aryl methyl sites for hydroxylation is 2. The number of hydrogen-bond donors (Lipinski definition) is 3. The van der Waals surface area contributed by atoms with Gasteiger partial charge in [0.15, 0.2) is 5.82 Å². The topological polar surface area (TPSA) is 109 Å². The smallest absolute Gasteiger partial charge is 0.335 e. The normalized spacial score (nSPS) is 11.8. The molecule has 0 aliphatic carbocycles. The molecule has 0 saturated heterocycles. The van der Waals surface area contributed by atoms with Crippen LogP contribution in [0, 0.1) is 13.8 Å². The minimum absolute atomic E-state index is 0.156. The van der Waals surface area contributed by atoms with Crippen LogP contribution in [0.1, 0.15) is 50.4 Å². The summed E-state index contributed by atoms with van der Waals surface area (Å²) in [5.74, 6) is -0.733. The van der Waals surface area contributed by atoms with Gasteiger partial charge in [-0.2, -0.15) is 5.10 Å². The lowest BCUT2D eigenvalue weighted by Gasteiger charge is -2.14. The summed E-state index contributed by atoms with van der Waals surface area (Å²) >= 11 is 0. The van der Waals surface area contributed by atoms with E-state index in [0.29, 0.717) is 22.6 Å². The monoisotopic (exact) mass is 429 g/mol. The standard InChI is InChI=1S/C24H23N5O3/c1-14-9-10-18(24(31)32)11-20(14)28-22-21-15(2)19(12-29(21)26-13-25-22)23(30)27-16(3)17-7-5-4-6-8-17/h4-13,16H,1-3H3,(H,27,30)(H,31,32)(H,25,26,28)/t16-/m0/s1. The van der Waals surface area contributed by atoms with Crippen molar-refractivity contribution >= 4 is 28.9 Å². The molecule has 0 fully saturated rings. The Morgan fingerprint density at radius 1 is 1.09 bits per heavy atom. The van der Waals surface area contributed by atoms with Crippen molar-refractivity contribution in [2.24, 2.45) is 0 Å². The summed E-state index contributed by atoms with van der Waals surface area (Å²) in [6.07, 6.45) is 3.06. The highest BCUT2D eigenvalue weighted by Gasteiger charge is 2.20. The van der Waals surface area contributed by atoms with Crippen LogP contribution in [0.2, 0.25) is 0 Å². The minimum atomic E-state index is -1.01. The first-order chi connectivity index (χ1) is 15.3. The van der Waals surface area contributed by atoms with Gasteiger partial charge in [0.05, 0.1) is 17.2 Å². The first-order valence-corrected chi connectivity index (χ1v) is 10.1. The molecule has 162 valence electrons. The SMILES string of the molecule is Cc1ccc(C(=O)O)cc1Nc1ncnn2cc(C(=O)N[C@@H](C)c3ccccc3)c(C)c12. The van der Waals surface area contributed by atoms with Crippen LogP contribution in [0.4, 0.5) is 11.5 Å². The molecule has 0 bridgehead atoms. The number of fused-ring (bicyclic) bond motifs is 1. The maximum Gasteiger partial charge on any atom is 0.335 e. The van der Waals surface area contributed by atoms with Crippen molar-refractivity contribution in [1.29, 1.82) is 0 Å². The van der Waals surface area contributed by atoms with E-state index in [1.165, 1.54) is 6.33 Å². The van der Waals surface area contributed by atoms with Crippen molar-refractivity contribution in [2.45, 2.75) is 26.8 Å². The summed E-state index contributed by atoms with van der Waals surface area (Å²) in [6.45, 7) is 5.65. The Hall–Kier alpha value is -4.20. The number of amides is 1. The Labute approximate surface area is 184 Å². The molecule has 0 spiro atoms. The van der Waals surface area contributed by atoms with Gasteiger partial charge in [-0.15, -0.1) is 0 Å². The molecule has 1 amide bonds. The van der Waals surface area contributed by atoms with Crippen LogP contribution in [0.3, 0.4) is 0 Å². The number of carbonyl (C=O) groups excluding carboxylic acids is 1. The lowest BCUT2D eigenvalue weighted by Crippen LogP contribution is -2.26. The molecule has 0 saturated carbocycles. The number of hydrogen-bond acceptors (Lipinski definition) is 5. The van der Waals surface area contributed by atoms with E-state index in [1.807, 2.05) is 51.1 Å². The van der Waals surface area contributed by atoms with Crippen LogP contribution in [0.5, 0.6) is 0 Å². The Morgan fingerprint density at radius 3 is 2.56 bits per heavy atom. The van der Waals surface area contributed by atoms with Gasteiger partial charge in [-0.25, -0.2) is 14.3 Å².